The van der Waals surface area contributed by atoms with Crippen LogP contribution in [0.1, 0.15) is 27.5 Å². The van der Waals surface area contributed by atoms with E-state index in [1.165, 1.54) is 5.56 Å². The van der Waals surface area contributed by atoms with Crippen LogP contribution in [0.3, 0.4) is 0 Å². The van der Waals surface area contributed by atoms with Gasteiger partial charge in [-0.05, 0) is 24.6 Å². The molecule has 1 aliphatic heterocycles. The van der Waals surface area contributed by atoms with Crippen LogP contribution in [-0.2, 0) is 0 Å². The Morgan fingerprint density at radius 2 is 1.95 bits per heavy atom. The molecule has 0 bridgehead atoms. The Balaban J connectivity index is 1.89. The zero-order chi connectivity index (χ0) is 14.7. The maximum atomic E-state index is 12.8. The van der Waals surface area contributed by atoms with E-state index in [0.717, 1.165) is 30.8 Å². The lowest BCUT2D eigenvalue weighted by Crippen LogP contribution is -2.48. The van der Waals surface area contributed by atoms with E-state index < -0.39 is 0 Å². The number of carbonyl (C=O) groups is 1. The molecule has 1 unspecified atom stereocenters. The topological polar surface area (TPSA) is 32.3 Å². The number of carbonyl (C=O) groups excluding carboxylic acids is 1. The molecule has 3 rings (SSSR count). The average Bonchev–Trinajstić information content (AvgIpc) is 2.55. The van der Waals surface area contributed by atoms with E-state index in [0.29, 0.717) is 0 Å². The van der Waals surface area contributed by atoms with Crippen molar-refractivity contribution in [3.8, 4) is 0 Å². The second-order valence-electron chi connectivity index (χ2n) is 5.50. The highest BCUT2D eigenvalue weighted by atomic mass is 16.2. The molecule has 1 amide bonds. The molecule has 1 saturated heterocycles. The molecule has 0 aliphatic carbocycles. The zero-order valence-corrected chi connectivity index (χ0v) is 12.3. The van der Waals surface area contributed by atoms with E-state index in [9.17, 15) is 4.79 Å². The monoisotopic (exact) mass is 280 g/mol. The first-order chi connectivity index (χ1) is 10.3. The van der Waals surface area contributed by atoms with E-state index in [-0.39, 0.29) is 11.9 Å². The number of benzene rings is 2. The zero-order valence-electron chi connectivity index (χ0n) is 12.3. The normalized spacial score (nSPS) is 18.5. The number of aryl methyl sites for hydroxylation is 1. The molecule has 0 radical (unpaired) electrons. The van der Waals surface area contributed by atoms with Crippen LogP contribution in [0.15, 0.2) is 54.6 Å². The van der Waals surface area contributed by atoms with E-state index in [4.69, 9.17) is 0 Å². The Morgan fingerprint density at radius 3 is 2.71 bits per heavy atom. The summed E-state index contributed by atoms with van der Waals surface area (Å²) in [6.45, 7) is 4.41. The average molecular weight is 280 g/mol. The molecule has 0 saturated carbocycles. The van der Waals surface area contributed by atoms with Crippen molar-refractivity contribution in [2.24, 2.45) is 0 Å². The predicted octanol–water partition coefficient (Wildman–Crippen LogP) is 2.78. The van der Waals surface area contributed by atoms with Crippen molar-refractivity contribution in [1.29, 1.82) is 0 Å². The van der Waals surface area contributed by atoms with Crippen LogP contribution < -0.4 is 5.32 Å². The first kappa shape index (κ1) is 13.8. The van der Waals surface area contributed by atoms with Gasteiger partial charge in [-0.3, -0.25) is 4.79 Å². The highest BCUT2D eigenvalue weighted by Crippen LogP contribution is 2.24. The standard InChI is InChI=1S/C18H20N2O/c1-14-6-5-9-16(12-14)18(21)20-11-10-19-13-17(20)15-7-3-2-4-8-15/h2-9,12,17,19H,10-11,13H2,1H3. The Kier molecular flexibility index (Phi) is 4.02. The highest BCUT2D eigenvalue weighted by molar-refractivity contribution is 5.94. The minimum Gasteiger partial charge on any atom is -0.329 e. The second kappa shape index (κ2) is 6.10. The van der Waals surface area contributed by atoms with Gasteiger partial charge in [0.15, 0.2) is 0 Å². The Morgan fingerprint density at radius 1 is 1.14 bits per heavy atom. The van der Waals surface area contributed by atoms with Crippen molar-refractivity contribution in [3.63, 3.8) is 0 Å². The maximum absolute atomic E-state index is 12.8. The van der Waals surface area contributed by atoms with Gasteiger partial charge in [-0.25, -0.2) is 0 Å². The molecule has 2 aromatic rings. The summed E-state index contributed by atoms with van der Waals surface area (Å²) in [6.07, 6.45) is 0. The third-order valence-corrected chi connectivity index (χ3v) is 3.95. The van der Waals surface area contributed by atoms with Gasteiger partial charge in [0.25, 0.3) is 5.91 Å². The smallest absolute Gasteiger partial charge is 0.254 e. The van der Waals surface area contributed by atoms with Gasteiger partial charge in [0, 0.05) is 25.2 Å². The van der Waals surface area contributed by atoms with Crippen molar-refractivity contribution >= 4 is 5.91 Å². The third-order valence-electron chi connectivity index (χ3n) is 3.95. The summed E-state index contributed by atoms with van der Waals surface area (Å²) >= 11 is 0. The van der Waals surface area contributed by atoms with Gasteiger partial charge < -0.3 is 10.2 Å². The van der Waals surface area contributed by atoms with Gasteiger partial charge in [-0.1, -0.05) is 48.0 Å². The van der Waals surface area contributed by atoms with Crippen LogP contribution in [0, 0.1) is 6.92 Å². The lowest BCUT2D eigenvalue weighted by atomic mass is 10.0. The van der Waals surface area contributed by atoms with Crippen LogP contribution in [0.5, 0.6) is 0 Å². The molecule has 2 aromatic carbocycles. The molecule has 1 N–H and O–H groups in total. The molecule has 3 nitrogen and oxygen atoms in total. The number of hydrogen-bond donors (Lipinski definition) is 1. The summed E-state index contributed by atoms with van der Waals surface area (Å²) in [5.41, 5.74) is 3.08. The van der Waals surface area contributed by atoms with Crippen LogP contribution in [0.2, 0.25) is 0 Å². The molecular weight excluding hydrogens is 260 g/mol. The largest absolute Gasteiger partial charge is 0.329 e. The summed E-state index contributed by atoms with van der Waals surface area (Å²) < 4.78 is 0. The predicted molar refractivity (Wildman–Crippen MR) is 84.3 cm³/mol. The summed E-state index contributed by atoms with van der Waals surface area (Å²) in [5.74, 6) is 0.119. The molecule has 0 aromatic heterocycles. The fourth-order valence-electron chi connectivity index (χ4n) is 2.86. The maximum Gasteiger partial charge on any atom is 0.254 e. The summed E-state index contributed by atoms with van der Waals surface area (Å²) in [5, 5.41) is 3.39. The minimum atomic E-state index is 0.105. The number of amides is 1. The van der Waals surface area contributed by atoms with Crippen molar-refractivity contribution in [1.82, 2.24) is 10.2 Å². The number of rotatable bonds is 2. The summed E-state index contributed by atoms with van der Waals surface area (Å²) in [6, 6.07) is 18.2. The van der Waals surface area contributed by atoms with E-state index in [1.54, 1.807) is 0 Å². The number of hydrogen-bond acceptors (Lipinski definition) is 2. The molecule has 108 valence electrons. The lowest BCUT2D eigenvalue weighted by molar-refractivity contribution is 0.0634. The van der Waals surface area contributed by atoms with Crippen LogP contribution in [0.25, 0.3) is 0 Å². The molecule has 1 aliphatic rings. The fraction of sp³-hybridized carbons (Fsp3) is 0.278. The Hall–Kier alpha value is -2.13. The van der Waals surface area contributed by atoms with Gasteiger partial charge in [-0.2, -0.15) is 0 Å². The lowest BCUT2D eigenvalue weighted by Gasteiger charge is -2.36. The Bertz CT molecular complexity index is 624. The summed E-state index contributed by atoms with van der Waals surface area (Å²) in [4.78, 5) is 14.8. The van der Waals surface area contributed by atoms with Crippen molar-refractivity contribution < 1.29 is 4.79 Å². The van der Waals surface area contributed by atoms with Crippen molar-refractivity contribution in [2.75, 3.05) is 19.6 Å². The molecule has 1 fully saturated rings. The highest BCUT2D eigenvalue weighted by Gasteiger charge is 2.28. The molecule has 0 spiro atoms. The van der Waals surface area contributed by atoms with Crippen LogP contribution in [0.4, 0.5) is 0 Å². The molecule has 21 heavy (non-hydrogen) atoms. The van der Waals surface area contributed by atoms with E-state index >= 15 is 0 Å². The van der Waals surface area contributed by atoms with Gasteiger partial charge >= 0.3 is 0 Å². The second-order valence-corrected chi connectivity index (χ2v) is 5.50. The fourth-order valence-corrected chi connectivity index (χ4v) is 2.86. The van der Waals surface area contributed by atoms with Crippen molar-refractivity contribution in [3.05, 3.63) is 71.3 Å². The number of nitrogens with zero attached hydrogens (tertiary/aromatic N) is 1. The quantitative estimate of drug-likeness (QED) is 0.917. The van der Waals surface area contributed by atoms with Gasteiger partial charge in [0.2, 0.25) is 0 Å². The first-order valence-corrected chi connectivity index (χ1v) is 7.39. The SMILES string of the molecule is Cc1cccc(C(=O)N2CCNCC2c2ccccc2)c1. The van der Waals surface area contributed by atoms with Gasteiger partial charge in [-0.15, -0.1) is 0 Å². The van der Waals surface area contributed by atoms with Gasteiger partial charge in [0.05, 0.1) is 6.04 Å². The number of piperazine rings is 1. The molecule has 1 atom stereocenters. The molecule has 3 heteroatoms. The Labute approximate surface area is 125 Å². The first-order valence-electron chi connectivity index (χ1n) is 7.39. The molecular formula is C18H20N2O. The summed E-state index contributed by atoms with van der Waals surface area (Å²) in [7, 11) is 0. The minimum absolute atomic E-state index is 0.105. The number of nitrogens with one attached hydrogen (secondary N) is 1. The third kappa shape index (κ3) is 2.98. The van der Waals surface area contributed by atoms with E-state index in [2.05, 4.69) is 17.4 Å². The molecule has 1 heterocycles. The van der Waals surface area contributed by atoms with Crippen molar-refractivity contribution in [2.45, 2.75) is 13.0 Å². The van der Waals surface area contributed by atoms with Gasteiger partial charge in [0.1, 0.15) is 0 Å². The van der Waals surface area contributed by atoms with Crippen LogP contribution in [-0.4, -0.2) is 30.4 Å². The van der Waals surface area contributed by atoms with E-state index in [1.807, 2.05) is 54.3 Å². The van der Waals surface area contributed by atoms with Crippen LogP contribution >= 0.6 is 0 Å².